The van der Waals surface area contributed by atoms with Crippen molar-refractivity contribution in [3.63, 3.8) is 0 Å². The van der Waals surface area contributed by atoms with Gasteiger partial charge in [0.05, 0.1) is 19.9 Å². The maximum absolute atomic E-state index is 12.5. The summed E-state index contributed by atoms with van der Waals surface area (Å²) in [6.07, 6.45) is 0. The van der Waals surface area contributed by atoms with Crippen LogP contribution < -0.4 is 19.5 Å². The molecule has 0 fully saturated rings. The first kappa shape index (κ1) is 18.7. The Kier molecular flexibility index (Phi) is 5.93. The van der Waals surface area contributed by atoms with E-state index in [9.17, 15) is 4.79 Å². The molecule has 0 unspecified atom stereocenters. The molecule has 6 nitrogen and oxygen atoms in total. The molecule has 27 heavy (non-hydrogen) atoms. The fourth-order valence-electron chi connectivity index (χ4n) is 2.42. The van der Waals surface area contributed by atoms with Crippen LogP contribution in [0, 0.1) is 6.92 Å². The van der Waals surface area contributed by atoms with Gasteiger partial charge in [-0.25, -0.2) is 4.98 Å². The predicted molar refractivity (Wildman–Crippen MR) is 105 cm³/mol. The summed E-state index contributed by atoms with van der Waals surface area (Å²) in [4.78, 5) is 16.9. The molecular weight excluding hydrogens is 364 g/mol. The van der Waals surface area contributed by atoms with Crippen LogP contribution in [-0.4, -0.2) is 25.1 Å². The number of anilines is 1. The summed E-state index contributed by atoms with van der Waals surface area (Å²) >= 11 is 1.56. The average Bonchev–Trinajstić information content (AvgIpc) is 3.12. The molecule has 1 N–H and O–H groups in total. The molecule has 1 amide bonds. The smallest absolute Gasteiger partial charge is 0.255 e. The Labute approximate surface area is 161 Å². The Hall–Kier alpha value is -3.06. The molecular formula is C20H20N2O4S. The minimum atomic E-state index is -0.247. The highest BCUT2D eigenvalue weighted by Gasteiger charge is 2.11. The highest BCUT2D eigenvalue weighted by Crippen LogP contribution is 2.29. The number of hydrogen-bond donors (Lipinski definition) is 1. The molecule has 0 atom stereocenters. The van der Waals surface area contributed by atoms with Crippen LogP contribution in [0.2, 0.25) is 0 Å². The number of amides is 1. The van der Waals surface area contributed by atoms with Crippen molar-refractivity contribution in [1.82, 2.24) is 4.98 Å². The molecule has 2 aromatic carbocycles. The van der Waals surface area contributed by atoms with E-state index in [1.54, 1.807) is 68.0 Å². The van der Waals surface area contributed by atoms with Crippen LogP contribution in [0.1, 0.15) is 21.1 Å². The molecule has 3 aromatic rings. The van der Waals surface area contributed by atoms with Crippen LogP contribution in [-0.2, 0) is 6.61 Å². The SMILES string of the molecule is COc1ccc(OC)c(NC(=O)c2ccc(OCc3nc(C)cs3)cc2)c1. The van der Waals surface area contributed by atoms with Gasteiger partial charge in [-0.1, -0.05) is 0 Å². The summed E-state index contributed by atoms with van der Waals surface area (Å²) in [5.74, 6) is 1.62. The van der Waals surface area contributed by atoms with Crippen molar-refractivity contribution in [3.8, 4) is 17.2 Å². The zero-order chi connectivity index (χ0) is 19.2. The number of benzene rings is 2. The number of rotatable bonds is 7. The van der Waals surface area contributed by atoms with Crippen LogP contribution in [0.5, 0.6) is 17.2 Å². The van der Waals surface area contributed by atoms with E-state index in [-0.39, 0.29) is 5.91 Å². The standard InChI is InChI=1S/C20H20N2O4S/c1-13-12-27-19(21-13)11-26-15-6-4-14(5-7-15)20(23)22-17-10-16(24-2)8-9-18(17)25-3/h4-10,12H,11H2,1-3H3,(H,22,23). The van der Waals surface area contributed by atoms with E-state index in [4.69, 9.17) is 14.2 Å². The second-order valence-electron chi connectivity index (χ2n) is 5.72. The molecule has 0 saturated carbocycles. The van der Waals surface area contributed by atoms with Gasteiger partial charge in [0.25, 0.3) is 5.91 Å². The van der Waals surface area contributed by atoms with Gasteiger partial charge in [-0.15, -0.1) is 11.3 Å². The van der Waals surface area contributed by atoms with Gasteiger partial charge in [-0.2, -0.15) is 0 Å². The first-order chi connectivity index (χ1) is 13.1. The molecule has 0 aliphatic heterocycles. The summed E-state index contributed by atoms with van der Waals surface area (Å²) < 4.78 is 16.2. The third kappa shape index (κ3) is 4.77. The Balaban J connectivity index is 1.65. The second kappa shape index (κ2) is 8.55. The van der Waals surface area contributed by atoms with Crippen LogP contribution in [0.3, 0.4) is 0 Å². The molecule has 0 aliphatic rings. The van der Waals surface area contributed by atoms with Gasteiger partial charge in [0.15, 0.2) is 0 Å². The van der Waals surface area contributed by atoms with Gasteiger partial charge in [0, 0.05) is 22.7 Å². The highest BCUT2D eigenvalue weighted by atomic mass is 32.1. The number of aromatic nitrogens is 1. The Morgan fingerprint density at radius 3 is 2.44 bits per heavy atom. The van der Waals surface area contributed by atoms with Crippen LogP contribution in [0.15, 0.2) is 47.8 Å². The predicted octanol–water partition coefficient (Wildman–Crippen LogP) is 4.30. The summed E-state index contributed by atoms with van der Waals surface area (Å²) in [5.41, 5.74) is 2.04. The average molecular weight is 384 g/mol. The van der Waals surface area contributed by atoms with E-state index in [2.05, 4.69) is 10.3 Å². The molecule has 1 aromatic heterocycles. The van der Waals surface area contributed by atoms with Crippen molar-refractivity contribution in [2.75, 3.05) is 19.5 Å². The maximum Gasteiger partial charge on any atom is 0.255 e. The minimum Gasteiger partial charge on any atom is -0.497 e. The highest BCUT2D eigenvalue weighted by molar-refractivity contribution is 7.09. The number of carbonyl (C=O) groups is 1. The van der Waals surface area contributed by atoms with Gasteiger partial charge in [0.2, 0.25) is 0 Å². The van der Waals surface area contributed by atoms with Gasteiger partial charge in [-0.3, -0.25) is 4.79 Å². The molecule has 0 saturated heterocycles. The number of ether oxygens (including phenoxy) is 3. The van der Waals surface area contributed by atoms with Crippen molar-refractivity contribution in [1.29, 1.82) is 0 Å². The van der Waals surface area contributed by atoms with Gasteiger partial charge < -0.3 is 19.5 Å². The van der Waals surface area contributed by atoms with Crippen molar-refractivity contribution < 1.29 is 19.0 Å². The van der Waals surface area contributed by atoms with E-state index < -0.39 is 0 Å². The van der Waals surface area contributed by atoms with Crippen LogP contribution >= 0.6 is 11.3 Å². The summed E-state index contributed by atoms with van der Waals surface area (Å²) in [6, 6.07) is 12.2. The number of carbonyl (C=O) groups excluding carboxylic acids is 1. The van der Waals surface area contributed by atoms with E-state index >= 15 is 0 Å². The summed E-state index contributed by atoms with van der Waals surface area (Å²) in [7, 11) is 3.12. The minimum absolute atomic E-state index is 0.247. The lowest BCUT2D eigenvalue weighted by atomic mass is 10.2. The number of methoxy groups -OCH3 is 2. The molecule has 1 heterocycles. The van der Waals surface area contributed by atoms with Gasteiger partial charge >= 0.3 is 0 Å². The normalized spacial score (nSPS) is 10.3. The summed E-state index contributed by atoms with van der Waals surface area (Å²) in [5, 5.41) is 5.74. The molecule has 3 rings (SSSR count). The van der Waals surface area contributed by atoms with Crippen LogP contribution in [0.4, 0.5) is 5.69 Å². The zero-order valence-electron chi connectivity index (χ0n) is 15.3. The Morgan fingerprint density at radius 2 is 1.81 bits per heavy atom. The zero-order valence-corrected chi connectivity index (χ0v) is 16.1. The molecule has 0 spiro atoms. The van der Waals surface area contributed by atoms with Gasteiger partial charge in [0.1, 0.15) is 28.9 Å². The Bertz CT molecular complexity index is 922. The third-order valence-electron chi connectivity index (χ3n) is 3.80. The fourth-order valence-corrected chi connectivity index (χ4v) is 3.11. The lowest BCUT2D eigenvalue weighted by Crippen LogP contribution is -2.12. The van der Waals surface area contributed by atoms with E-state index in [1.807, 2.05) is 12.3 Å². The lowest BCUT2D eigenvalue weighted by Gasteiger charge is -2.12. The second-order valence-corrected chi connectivity index (χ2v) is 6.66. The van der Waals surface area contributed by atoms with Crippen molar-refractivity contribution in [2.24, 2.45) is 0 Å². The van der Waals surface area contributed by atoms with E-state index in [1.165, 1.54) is 0 Å². The van der Waals surface area contributed by atoms with Crippen LogP contribution in [0.25, 0.3) is 0 Å². The van der Waals surface area contributed by atoms with E-state index in [0.717, 1.165) is 10.7 Å². The number of nitrogens with zero attached hydrogens (tertiary/aromatic N) is 1. The summed E-state index contributed by atoms with van der Waals surface area (Å²) in [6.45, 7) is 2.36. The number of thiazole rings is 1. The molecule has 0 radical (unpaired) electrons. The quantitative estimate of drug-likeness (QED) is 0.658. The fraction of sp³-hybridized carbons (Fsp3) is 0.200. The number of aryl methyl sites for hydroxylation is 1. The number of hydrogen-bond acceptors (Lipinski definition) is 6. The van der Waals surface area contributed by atoms with E-state index in [0.29, 0.717) is 35.1 Å². The molecule has 7 heteroatoms. The van der Waals surface area contributed by atoms with Crippen molar-refractivity contribution in [3.05, 3.63) is 64.1 Å². The maximum atomic E-state index is 12.5. The first-order valence-corrected chi connectivity index (χ1v) is 9.14. The first-order valence-electron chi connectivity index (χ1n) is 8.26. The monoisotopic (exact) mass is 384 g/mol. The number of nitrogens with one attached hydrogen (secondary N) is 1. The molecule has 140 valence electrons. The third-order valence-corrected chi connectivity index (χ3v) is 4.74. The lowest BCUT2D eigenvalue weighted by molar-refractivity contribution is 0.102. The van der Waals surface area contributed by atoms with Crippen molar-refractivity contribution >= 4 is 22.9 Å². The van der Waals surface area contributed by atoms with Crippen molar-refractivity contribution in [2.45, 2.75) is 13.5 Å². The Morgan fingerprint density at radius 1 is 1.07 bits per heavy atom. The molecule has 0 bridgehead atoms. The van der Waals surface area contributed by atoms with Gasteiger partial charge in [-0.05, 0) is 43.3 Å². The topological polar surface area (TPSA) is 69.7 Å². The largest absolute Gasteiger partial charge is 0.497 e. The molecule has 0 aliphatic carbocycles.